The molecule has 0 spiro atoms. The third-order valence-corrected chi connectivity index (χ3v) is 3.84. The molecule has 0 amide bonds. The maximum absolute atomic E-state index is 12.4. The van der Waals surface area contributed by atoms with Crippen LogP contribution < -0.4 is 11.2 Å². The van der Waals surface area contributed by atoms with Crippen LogP contribution in [0.1, 0.15) is 11.3 Å². The monoisotopic (exact) mass is 356 g/mol. The van der Waals surface area contributed by atoms with Crippen molar-refractivity contribution in [3.8, 4) is 0 Å². The number of H-pyrrole nitrogens is 1. The molecule has 0 bridgehead atoms. The Hall–Kier alpha value is -2.47. The van der Waals surface area contributed by atoms with E-state index in [0.29, 0.717) is 22.5 Å². The number of aromatic amines is 1. The summed E-state index contributed by atoms with van der Waals surface area (Å²) >= 11 is 3.36. The molecule has 6 heteroatoms. The van der Waals surface area contributed by atoms with Crippen LogP contribution in [-0.4, -0.2) is 15.8 Å². The van der Waals surface area contributed by atoms with Crippen molar-refractivity contribution in [1.29, 1.82) is 0 Å². The summed E-state index contributed by atoms with van der Waals surface area (Å²) < 4.78 is 0.859. The van der Waals surface area contributed by atoms with Crippen molar-refractivity contribution in [2.45, 2.75) is 6.92 Å². The number of rotatable bonds is 2. The molecule has 0 atom stereocenters. The Labute approximate surface area is 135 Å². The molecular weight excluding hydrogens is 344 g/mol. The van der Waals surface area contributed by atoms with Gasteiger partial charge in [-0.3, -0.25) is 4.79 Å². The highest BCUT2D eigenvalue weighted by Gasteiger charge is 2.11. The zero-order chi connectivity index (χ0) is 15.7. The van der Waals surface area contributed by atoms with Crippen molar-refractivity contribution < 1.29 is 0 Å². The fourth-order valence-corrected chi connectivity index (χ4v) is 2.55. The molecule has 3 rings (SSSR count). The first-order valence-electron chi connectivity index (χ1n) is 6.64. The lowest BCUT2D eigenvalue weighted by Crippen LogP contribution is -2.21. The van der Waals surface area contributed by atoms with E-state index in [0.717, 1.165) is 9.99 Å². The summed E-state index contributed by atoms with van der Waals surface area (Å²) in [6.07, 6.45) is 1.63. The number of amidine groups is 1. The highest BCUT2D eigenvalue weighted by molar-refractivity contribution is 9.10. The van der Waals surface area contributed by atoms with Crippen molar-refractivity contribution in [3.05, 3.63) is 68.5 Å². The summed E-state index contributed by atoms with van der Waals surface area (Å²) in [5, 5.41) is 0.636. The summed E-state index contributed by atoms with van der Waals surface area (Å²) in [6.45, 7) is 1.73. The molecular formula is C16H13BrN4O. The van der Waals surface area contributed by atoms with E-state index in [2.05, 4.69) is 30.9 Å². The first kappa shape index (κ1) is 14.5. The van der Waals surface area contributed by atoms with Gasteiger partial charge in [-0.25, -0.2) is 9.98 Å². The van der Waals surface area contributed by atoms with Gasteiger partial charge in [0.05, 0.1) is 5.69 Å². The summed E-state index contributed by atoms with van der Waals surface area (Å²) in [5.74, 6) is 0.700. The minimum Gasteiger partial charge on any atom is -0.382 e. The number of pyridine rings is 2. The molecule has 0 aliphatic heterocycles. The maximum Gasteiger partial charge on any atom is 0.193 e. The molecule has 3 N–H and O–H groups in total. The molecule has 0 unspecified atom stereocenters. The predicted molar refractivity (Wildman–Crippen MR) is 91.6 cm³/mol. The molecule has 1 aromatic carbocycles. The molecule has 0 aliphatic carbocycles. The van der Waals surface area contributed by atoms with Crippen LogP contribution in [0.2, 0.25) is 0 Å². The number of benzene rings is 1. The van der Waals surface area contributed by atoms with Crippen LogP contribution in [0.15, 0.2) is 56.9 Å². The average molecular weight is 357 g/mol. The van der Waals surface area contributed by atoms with Gasteiger partial charge in [0.2, 0.25) is 0 Å². The second kappa shape index (κ2) is 5.73. The lowest BCUT2D eigenvalue weighted by Gasteiger charge is -2.08. The van der Waals surface area contributed by atoms with Gasteiger partial charge in [-0.1, -0.05) is 28.1 Å². The van der Waals surface area contributed by atoms with Gasteiger partial charge in [-0.05, 0) is 31.2 Å². The molecule has 0 radical (unpaired) electrons. The second-order valence-electron chi connectivity index (χ2n) is 4.83. The lowest BCUT2D eigenvalue weighted by atomic mass is 10.1. The number of fused-ring (bicyclic) bond motifs is 1. The number of nitrogens with one attached hydrogen (secondary N) is 1. The SMILES string of the molecule is Cc1c(C(N)=Nc2cc(Br)ccn2)[nH]c2ccccc2c1=O. The van der Waals surface area contributed by atoms with Gasteiger partial charge in [0.25, 0.3) is 0 Å². The summed E-state index contributed by atoms with van der Waals surface area (Å²) in [5.41, 5.74) is 7.80. The number of halogens is 1. The van der Waals surface area contributed by atoms with E-state index in [1.165, 1.54) is 0 Å². The van der Waals surface area contributed by atoms with E-state index < -0.39 is 0 Å². The second-order valence-corrected chi connectivity index (χ2v) is 5.74. The number of nitrogens with two attached hydrogens (primary N) is 1. The first-order chi connectivity index (χ1) is 10.6. The van der Waals surface area contributed by atoms with E-state index in [1.54, 1.807) is 31.3 Å². The Morgan fingerprint density at radius 2 is 2.09 bits per heavy atom. The third kappa shape index (κ3) is 2.65. The highest BCUT2D eigenvalue weighted by atomic mass is 79.9. The molecule has 22 heavy (non-hydrogen) atoms. The minimum atomic E-state index is -0.0512. The zero-order valence-corrected chi connectivity index (χ0v) is 13.4. The molecule has 5 nitrogen and oxygen atoms in total. The minimum absolute atomic E-state index is 0.0512. The van der Waals surface area contributed by atoms with Crippen LogP contribution in [0.25, 0.3) is 10.9 Å². The number of hydrogen-bond donors (Lipinski definition) is 2. The lowest BCUT2D eigenvalue weighted by molar-refractivity contribution is 1.22. The Balaban J connectivity index is 2.17. The van der Waals surface area contributed by atoms with Crippen LogP contribution in [0.5, 0.6) is 0 Å². The van der Waals surface area contributed by atoms with Crippen molar-refractivity contribution in [2.24, 2.45) is 10.7 Å². The Morgan fingerprint density at radius 3 is 2.86 bits per heavy atom. The van der Waals surface area contributed by atoms with Crippen molar-refractivity contribution in [2.75, 3.05) is 0 Å². The maximum atomic E-state index is 12.4. The number of para-hydroxylation sites is 1. The standard InChI is InChI=1S/C16H13BrN4O/c1-9-14(16(18)21-13-8-10(17)6-7-19-13)20-12-5-3-2-4-11(12)15(9)22/h2-8H,1H3,(H,20,22)(H2,18,19,21). The Kier molecular flexibility index (Phi) is 3.77. The Bertz CT molecular complexity index is 946. The molecule has 0 saturated carbocycles. The number of nitrogens with zero attached hydrogens (tertiary/aromatic N) is 2. The van der Waals surface area contributed by atoms with E-state index in [4.69, 9.17) is 5.73 Å². The predicted octanol–water partition coefficient (Wildman–Crippen LogP) is 3.03. The first-order valence-corrected chi connectivity index (χ1v) is 7.43. The van der Waals surface area contributed by atoms with Crippen molar-refractivity contribution >= 4 is 38.5 Å². The highest BCUT2D eigenvalue weighted by Crippen LogP contribution is 2.17. The summed E-state index contributed by atoms with van der Waals surface area (Å²) in [4.78, 5) is 24.0. The summed E-state index contributed by atoms with van der Waals surface area (Å²) in [7, 11) is 0. The molecule has 2 aromatic heterocycles. The third-order valence-electron chi connectivity index (χ3n) is 3.35. The topological polar surface area (TPSA) is 84.1 Å². The Morgan fingerprint density at radius 1 is 1.32 bits per heavy atom. The van der Waals surface area contributed by atoms with Crippen molar-refractivity contribution in [1.82, 2.24) is 9.97 Å². The fraction of sp³-hybridized carbons (Fsp3) is 0.0625. The average Bonchev–Trinajstić information content (AvgIpc) is 2.51. The van der Waals surface area contributed by atoms with Gasteiger partial charge >= 0.3 is 0 Å². The van der Waals surface area contributed by atoms with Gasteiger partial charge in [0, 0.05) is 27.1 Å². The van der Waals surface area contributed by atoms with E-state index >= 15 is 0 Å². The van der Waals surface area contributed by atoms with Gasteiger partial charge in [-0.2, -0.15) is 0 Å². The number of hydrogen-bond acceptors (Lipinski definition) is 3. The zero-order valence-electron chi connectivity index (χ0n) is 11.8. The van der Waals surface area contributed by atoms with Crippen LogP contribution in [-0.2, 0) is 0 Å². The molecule has 110 valence electrons. The van der Waals surface area contributed by atoms with Crippen LogP contribution >= 0.6 is 15.9 Å². The van der Waals surface area contributed by atoms with Crippen molar-refractivity contribution in [3.63, 3.8) is 0 Å². The van der Waals surface area contributed by atoms with Gasteiger partial charge in [0.1, 0.15) is 5.84 Å². The number of aliphatic imine (C=N–C) groups is 1. The molecule has 2 heterocycles. The molecule has 0 aliphatic rings. The smallest absolute Gasteiger partial charge is 0.193 e. The van der Waals surface area contributed by atoms with Gasteiger partial charge in [-0.15, -0.1) is 0 Å². The molecule has 0 fully saturated rings. The number of aromatic nitrogens is 2. The quantitative estimate of drug-likeness (QED) is 0.546. The van der Waals surface area contributed by atoms with E-state index in [9.17, 15) is 4.79 Å². The van der Waals surface area contributed by atoms with Crippen LogP contribution in [0.4, 0.5) is 5.82 Å². The fourth-order valence-electron chi connectivity index (χ4n) is 2.22. The van der Waals surface area contributed by atoms with E-state index in [-0.39, 0.29) is 11.3 Å². The largest absolute Gasteiger partial charge is 0.382 e. The van der Waals surface area contributed by atoms with Gasteiger partial charge in [0.15, 0.2) is 11.2 Å². The van der Waals surface area contributed by atoms with Crippen LogP contribution in [0.3, 0.4) is 0 Å². The van der Waals surface area contributed by atoms with E-state index in [1.807, 2.05) is 18.2 Å². The molecule has 3 aromatic rings. The summed E-state index contributed by atoms with van der Waals surface area (Å²) in [6, 6.07) is 10.9. The molecule has 0 saturated heterocycles. The van der Waals surface area contributed by atoms with Gasteiger partial charge < -0.3 is 10.7 Å². The normalized spacial score (nSPS) is 11.8. The van der Waals surface area contributed by atoms with Crippen LogP contribution in [0, 0.1) is 6.92 Å².